The van der Waals surface area contributed by atoms with Gasteiger partial charge in [-0.2, -0.15) is 13.2 Å². The molecule has 0 radical (unpaired) electrons. The van der Waals surface area contributed by atoms with Crippen molar-refractivity contribution >= 4 is 0 Å². The number of aromatic hydroxyl groups is 1. The zero-order valence-corrected chi connectivity index (χ0v) is 6.59. The fourth-order valence-corrected chi connectivity index (χ4v) is 0.870. The lowest BCUT2D eigenvalue weighted by atomic mass is 10.2. The van der Waals surface area contributed by atoms with Gasteiger partial charge in [0.05, 0.1) is 7.11 Å². The summed E-state index contributed by atoms with van der Waals surface area (Å²) in [6, 6.07) is 1.03. The molecule has 0 aliphatic heterocycles. The van der Waals surface area contributed by atoms with Crippen LogP contribution in [-0.2, 0) is 6.18 Å². The van der Waals surface area contributed by atoms with Crippen LogP contribution in [0, 0.1) is 0 Å². The number of rotatable bonds is 1. The van der Waals surface area contributed by atoms with E-state index in [1.54, 1.807) is 0 Å². The van der Waals surface area contributed by atoms with Crippen LogP contribution in [0.1, 0.15) is 5.56 Å². The van der Waals surface area contributed by atoms with Gasteiger partial charge in [-0.15, -0.1) is 0 Å². The molecule has 0 saturated heterocycles. The molecule has 0 amide bonds. The number of halogens is 3. The molecular formula is C7H6F3NO2. The van der Waals surface area contributed by atoms with Crippen molar-refractivity contribution in [1.82, 2.24) is 4.98 Å². The van der Waals surface area contributed by atoms with Crippen LogP contribution in [-0.4, -0.2) is 17.2 Å². The van der Waals surface area contributed by atoms with E-state index < -0.39 is 23.4 Å². The van der Waals surface area contributed by atoms with Gasteiger partial charge in [0.25, 0.3) is 0 Å². The second-order valence-corrected chi connectivity index (χ2v) is 2.21. The fraction of sp³-hybridized carbons (Fsp3) is 0.286. The predicted octanol–water partition coefficient (Wildman–Crippen LogP) is 1.81. The van der Waals surface area contributed by atoms with E-state index in [0.29, 0.717) is 0 Å². The van der Waals surface area contributed by atoms with Crippen LogP contribution < -0.4 is 4.74 Å². The minimum absolute atomic E-state index is 0.444. The van der Waals surface area contributed by atoms with Crippen molar-refractivity contribution in [1.29, 1.82) is 0 Å². The Bertz CT molecular complexity index is 311. The van der Waals surface area contributed by atoms with Crippen LogP contribution in [0.2, 0.25) is 0 Å². The molecule has 1 heterocycles. The molecule has 0 spiro atoms. The molecule has 1 aromatic rings. The van der Waals surface area contributed by atoms with Gasteiger partial charge in [0, 0.05) is 6.20 Å². The Balaban J connectivity index is 3.32. The minimum atomic E-state index is -4.66. The van der Waals surface area contributed by atoms with Crippen molar-refractivity contribution in [3.63, 3.8) is 0 Å². The van der Waals surface area contributed by atoms with Crippen LogP contribution in [0.5, 0.6) is 11.6 Å². The highest BCUT2D eigenvalue weighted by Gasteiger charge is 2.38. The number of methoxy groups -OCH3 is 1. The number of hydrogen-bond donors (Lipinski definition) is 1. The maximum atomic E-state index is 12.2. The first-order valence-electron chi connectivity index (χ1n) is 3.26. The number of nitrogens with zero attached hydrogens (tertiary/aromatic N) is 1. The molecule has 13 heavy (non-hydrogen) atoms. The summed E-state index contributed by atoms with van der Waals surface area (Å²) in [5.74, 6) is -1.52. The summed E-state index contributed by atoms with van der Waals surface area (Å²) in [4.78, 5) is 3.11. The highest BCUT2D eigenvalue weighted by Crippen LogP contribution is 2.40. The lowest BCUT2D eigenvalue weighted by Gasteiger charge is -2.11. The number of ether oxygens (including phenoxy) is 1. The van der Waals surface area contributed by atoms with Crippen molar-refractivity contribution in [2.75, 3.05) is 7.11 Å². The Kier molecular flexibility index (Phi) is 2.31. The topological polar surface area (TPSA) is 42.4 Å². The van der Waals surface area contributed by atoms with Crippen molar-refractivity contribution in [2.45, 2.75) is 6.18 Å². The highest BCUT2D eigenvalue weighted by atomic mass is 19.4. The average Bonchev–Trinajstić information content (AvgIpc) is 2.01. The van der Waals surface area contributed by atoms with Gasteiger partial charge in [-0.05, 0) is 6.07 Å². The largest absolute Gasteiger partial charge is 0.496 e. The minimum Gasteiger partial charge on any atom is -0.496 e. The summed E-state index contributed by atoms with van der Waals surface area (Å²) in [6.45, 7) is 0. The monoisotopic (exact) mass is 193 g/mol. The van der Waals surface area contributed by atoms with Crippen molar-refractivity contribution in [3.8, 4) is 11.6 Å². The molecule has 0 aliphatic carbocycles. The first kappa shape index (κ1) is 9.63. The van der Waals surface area contributed by atoms with E-state index in [4.69, 9.17) is 5.11 Å². The Morgan fingerprint density at radius 3 is 2.46 bits per heavy atom. The van der Waals surface area contributed by atoms with Crippen LogP contribution in [0.25, 0.3) is 0 Å². The molecular weight excluding hydrogens is 187 g/mol. The molecule has 1 rings (SSSR count). The number of pyridine rings is 1. The molecule has 6 heteroatoms. The van der Waals surface area contributed by atoms with E-state index in [1.807, 2.05) is 0 Å². The number of aromatic nitrogens is 1. The van der Waals surface area contributed by atoms with Gasteiger partial charge < -0.3 is 9.84 Å². The zero-order chi connectivity index (χ0) is 10.1. The third kappa shape index (κ3) is 1.82. The Morgan fingerprint density at radius 2 is 2.08 bits per heavy atom. The molecule has 3 nitrogen and oxygen atoms in total. The van der Waals surface area contributed by atoms with Crippen LogP contribution >= 0.6 is 0 Å². The van der Waals surface area contributed by atoms with Crippen LogP contribution in [0.3, 0.4) is 0 Å². The molecule has 0 bridgehead atoms. The van der Waals surface area contributed by atoms with Gasteiger partial charge in [-0.25, -0.2) is 4.98 Å². The van der Waals surface area contributed by atoms with Gasteiger partial charge >= 0.3 is 6.18 Å². The van der Waals surface area contributed by atoms with E-state index in [1.165, 1.54) is 0 Å². The first-order valence-corrected chi connectivity index (χ1v) is 3.26. The first-order chi connectivity index (χ1) is 5.96. The summed E-state index contributed by atoms with van der Waals surface area (Å²) in [5.41, 5.74) is -1.25. The normalized spacial score (nSPS) is 11.4. The van der Waals surface area contributed by atoms with Gasteiger partial charge in [0.2, 0.25) is 5.88 Å². The SMILES string of the molecule is COc1ccnc(O)c1C(F)(F)F. The van der Waals surface area contributed by atoms with Gasteiger partial charge in [-0.1, -0.05) is 0 Å². The van der Waals surface area contributed by atoms with Gasteiger partial charge in [0.1, 0.15) is 5.75 Å². The summed E-state index contributed by atoms with van der Waals surface area (Å²) in [6.07, 6.45) is -3.63. The molecule has 0 aromatic carbocycles. The third-order valence-electron chi connectivity index (χ3n) is 1.40. The molecule has 0 fully saturated rings. The smallest absolute Gasteiger partial charge is 0.425 e. The summed E-state index contributed by atoms with van der Waals surface area (Å²) in [5, 5.41) is 8.85. The standard InChI is InChI=1S/C7H6F3NO2/c1-13-4-2-3-11-6(12)5(4)7(8,9)10/h2-3H,1H3,(H,11,12). The Labute approximate surface area is 71.8 Å². The lowest BCUT2D eigenvalue weighted by Crippen LogP contribution is -2.08. The summed E-state index contributed by atoms with van der Waals surface area (Å²) in [7, 11) is 1.09. The van der Waals surface area contributed by atoms with E-state index in [-0.39, 0.29) is 0 Å². The van der Waals surface area contributed by atoms with E-state index in [2.05, 4.69) is 9.72 Å². The van der Waals surface area contributed by atoms with E-state index in [0.717, 1.165) is 19.4 Å². The summed E-state index contributed by atoms with van der Waals surface area (Å²) < 4.78 is 41.1. The Morgan fingerprint density at radius 1 is 1.46 bits per heavy atom. The second-order valence-electron chi connectivity index (χ2n) is 2.21. The summed E-state index contributed by atoms with van der Waals surface area (Å²) >= 11 is 0. The van der Waals surface area contributed by atoms with Crippen molar-refractivity contribution in [2.24, 2.45) is 0 Å². The average molecular weight is 193 g/mol. The predicted molar refractivity (Wildman–Crippen MR) is 37.5 cm³/mol. The number of hydrogen-bond acceptors (Lipinski definition) is 3. The van der Waals surface area contributed by atoms with Crippen LogP contribution in [0.4, 0.5) is 13.2 Å². The molecule has 0 saturated carbocycles. The van der Waals surface area contributed by atoms with Crippen molar-refractivity contribution < 1.29 is 23.0 Å². The Hall–Kier alpha value is -1.46. The molecule has 1 aromatic heterocycles. The molecule has 0 aliphatic rings. The van der Waals surface area contributed by atoms with Crippen molar-refractivity contribution in [3.05, 3.63) is 17.8 Å². The molecule has 1 N–H and O–H groups in total. The second kappa shape index (κ2) is 3.12. The fourth-order valence-electron chi connectivity index (χ4n) is 0.870. The van der Waals surface area contributed by atoms with Crippen LogP contribution in [0.15, 0.2) is 12.3 Å². The maximum absolute atomic E-state index is 12.2. The highest BCUT2D eigenvalue weighted by molar-refractivity contribution is 5.41. The van der Waals surface area contributed by atoms with Gasteiger partial charge in [-0.3, -0.25) is 0 Å². The lowest BCUT2D eigenvalue weighted by molar-refractivity contribution is -0.140. The third-order valence-corrected chi connectivity index (χ3v) is 1.40. The zero-order valence-electron chi connectivity index (χ0n) is 6.59. The molecule has 0 unspecified atom stereocenters. The van der Waals surface area contributed by atoms with E-state index >= 15 is 0 Å². The quantitative estimate of drug-likeness (QED) is 0.739. The maximum Gasteiger partial charge on any atom is 0.425 e. The molecule has 72 valence electrons. The van der Waals surface area contributed by atoms with E-state index in [9.17, 15) is 13.2 Å². The van der Waals surface area contributed by atoms with Gasteiger partial charge in [0.15, 0.2) is 5.56 Å². The molecule has 0 atom stereocenters. The number of alkyl halides is 3.